The Kier molecular flexibility index (Phi) is 5.15. The molecule has 0 aromatic heterocycles. The molecule has 1 aliphatic rings. The van der Waals surface area contributed by atoms with Crippen LogP contribution in [0.2, 0.25) is 0 Å². The number of carbonyl (C=O) groups is 1. The molecule has 1 saturated heterocycles. The quantitative estimate of drug-likeness (QED) is 0.832. The lowest BCUT2D eigenvalue weighted by Crippen LogP contribution is -2.43. The van der Waals surface area contributed by atoms with Crippen LogP contribution >= 0.6 is 0 Å². The molecule has 1 aromatic rings. The largest absolute Gasteiger partial charge is 0.314 e. The maximum Gasteiger partial charge on any atom is 0.214 e. The predicted octanol–water partition coefficient (Wildman–Crippen LogP) is 1.77. The van der Waals surface area contributed by atoms with Crippen LogP contribution in [-0.2, 0) is 11.3 Å². The van der Waals surface area contributed by atoms with Crippen LogP contribution in [0.5, 0.6) is 0 Å². The van der Waals surface area contributed by atoms with Crippen LogP contribution in [0.25, 0.3) is 0 Å². The van der Waals surface area contributed by atoms with Crippen molar-refractivity contribution < 1.29 is 4.79 Å². The molecule has 1 amide bonds. The SMILES string of the molecule is Cc1cc(N(C=O)C(C)C)ccc1CN1CCNCC1. The first-order valence-electron chi connectivity index (χ1n) is 7.38. The molecule has 0 unspecified atom stereocenters. The lowest BCUT2D eigenvalue weighted by atomic mass is 10.1. The first-order chi connectivity index (χ1) is 9.61. The van der Waals surface area contributed by atoms with Gasteiger partial charge in [-0.2, -0.15) is 0 Å². The fourth-order valence-electron chi connectivity index (χ4n) is 2.61. The minimum atomic E-state index is 0.186. The summed E-state index contributed by atoms with van der Waals surface area (Å²) >= 11 is 0. The third-order valence-corrected chi connectivity index (χ3v) is 3.90. The molecule has 0 radical (unpaired) electrons. The van der Waals surface area contributed by atoms with Gasteiger partial charge in [0.25, 0.3) is 0 Å². The Balaban J connectivity index is 2.10. The van der Waals surface area contributed by atoms with Crippen molar-refractivity contribution in [3.05, 3.63) is 29.3 Å². The van der Waals surface area contributed by atoms with E-state index in [4.69, 9.17) is 0 Å². The molecule has 0 atom stereocenters. The number of benzene rings is 1. The van der Waals surface area contributed by atoms with Gasteiger partial charge in [0, 0.05) is 44.5 Å². The number of hydrogen-bond donors (Lipinski definition) is 1. The number of amides is 1. The second-order valence-corrected chi connectivity index (χ2v) is 5.74. The fourth-order valence-corrected chi connectivity index (χ4v) is 2.61. The van der Waals surface area contributed by atoms with Crippen molar-refractivity contribution in [1.82, 2.24) is 10.2 Å². The van der Waals surface area contributed by atoms with E-state index in [9.17, 15) is 4.79 Å². The summed E-state index contributed by atoms with van der Waals surface area (Å²) in [6.07, 6.45) is 0.912. The van der Waals surface area contributed by atoms with Gasteiger partial charge in [0.1, 0.15) is 0 Å². The van der Waals surface area contributed by atoms with Gasteiger partial charge in [-0.3, -0.25) is 9.69 Å². The molecule has 0 spiro atoms. The molecule has 1 fully saturated rings. The van der Waals surface area contributed by atoms with E-state index in [1.807, 2.05) is 13.8 Å². The number of rotatable bonds is 5. The summed E-state index contributed by atoms with van der Waals surface area (Å²) in [6.45, 7) is 11.5. The Morgan fingerprint density at radius 1 is 1.35 bits per heavy atom. The molecule has 2 rings (SSSR count). The smallest absolute Gasteiger partial charge is 0.214 e. The normalized spacial score (nSPS) is 16.4. The van der Waals surface area contributed by atoms with Crippen LogP contribution in [-0.4, -0.2) is 43.5 Å². The molecule has 4 heteroatoms. The van der Waals surface area contributed by atoms with Gasteiger partial charge in [-0.25, -0.2) is 0 Å². The van der Waals surface area contributed by atoms with Crippen LogP contribution in [0, 0.1) is 6.92 Å². The van der Waals surface area contributed by atoms with E-state index in [1.165, 1.54) is 11.1 Å². The lowest BCUT2D eigenvalue weighted by molar-refractivity contribution is -0.107. The summed E-state index contributed by atoms with van der Waals surface area (Å²) in [5, 5.41) is 3.37. The van der Waals surface area contributed by atoms with Crippen molar-refractivity contribution in [3.8, 4) is 0 Å². The van der Waals surface area contributed by atoms with Crippen molar-refractivity contribution in [2.24, 2.45) is 0 Å². The van der Waals surface area contributed by atoms with E-state index in [-0.39, 0.29) is 6.04 Å². The molecule has 110 valence electrons. The first kappa shape index (κ1) is 15.0. The highest BCUT2D eigenvalue weighted by Crippen LogP contribution is 2.21. The van der Waals surface area contributed by atoms with Crippen molar-refractivity contribution in [3.63, 3.8) is 0 Å². The maximum atomic E-state index is 11.2. The highest BCUT2D eigenvalue weighted by molar-refractivity contribution is 5.76. The Morgan fingerprint density at radius 2 is 2.05 bits per heavy atom. The topological polar surface area (TPSA) is 35.6 Å². The van der Waals surface area contributed by atoms with Gasteiger partial charge in [-0.15, -0.1) is 0 Å². The van der Waals surface area contributed by atoms with Gasteiger partial charge >= 0.3 is 0 Å². The summed E-state index contributed by atoms with van der Waals surface area (Å²) in [7, 11) is 0. The molecule has 0 saturated carbocycles. The summed E-state index contributed by atoms with van der Waals surface area (Å²) < 4.78 is 0. The van der Waals surface area contributed by atoms with Crippen LogP contribution in [0.3, 0.4) is 0 Å². The average Bonchev–Trinajstić information content (AvgIpc) is 2.43. The number of nitrogens with zero attached hydrogens (tertiary/aromatic N) is 2. The number of anilines is 1. The monoisotopic (exact) mass is 275 g/mol. The molecule has 1 aromatic carbocycles. The molecular weight excluding hydrogens is 250 g/mol. The number of nitrogens with one attached hydrogen (secondary N) is 1. The minimum absolute atomic E-state index is 0.186. The van der Waals surface area contributed by atoms with E-state index in [0.717, 1.165) is 44.8 Å². The predicted molar refractivity (Wildman–Crippen MR) is 83.0 cm³/mol. The zero-order valence-electron chi connectivity index (χ0n) is 12.7. The first-order valence-corrected chi connectivity index (χ1v) is 7.38. The Labute approximate surface area is 121 Å². The number of hydrogen-bond acceptors (Lipinski definition) is 3. The van der Waals surface area contributed by atoms with Gasteiger partial charge in [0.2, 0.25) is 6.41 Å². The zero-order valence-corrected chi connectivity index (χ0v) is 12.7. The molecule has 4 nitrogen and oxygen atoms in total. The second-order valence-electron chi connectivity index (χ2n) is 5.74. The fraction of sp³-hybridized carbons (Fsp3) is 0.562. The highest BCUT2D eigenvalue weighted by atomic mass is 16.1. The molecule has 1 aliphatic heterocycles. The Morgan fingerprint density at radius 3 is 2.60 bits per heavy atom. The van der Waals surface area contributed by atoms with Gasteiger partial charge in [0.15, 0.2) is 0 Å². The third-order valence-electron chi connectivity index (χ3n) is 3.90. The number of aryl methyl sites for hydroxylation is 1. The van der Waals surface area contributed by atoms with E-state index in [0.29, 0.717) is 0 Å². The third kappa shape index (κ3) is 3.58. The van der Waals surface area contributed by atoms with Crippen molar-refractivity contribution in [1.29, 1.82) is 0 Å². The maximum absolute atomic E-state index is 11.2. The second kappa shape index (κ2) is 6.86. The summed E-state index contributed by atoms with van der Waals surface area (Å²) in [6, 6.07) is 6.52. The molecule has 1 N–H and O–H groups in total. The van der Waals surface area contributed by atoms with E-state index in [2.05, 4.69) is 35.3 Å². The molecule has 1 heterocycles. The Hall–Kier alpha value is -1.39. The van der Waals surface area contributed by atoms with Crippen molar-refractivity contribution >= 4 is 12.1 Å². The number of piperazine rings is 1. The Bertz CT molecular complexity index is 453. The van der Waals surface area contributed by atoms with Gasteiger partial charge < -0.3 is 10.2 Å². The van der Waals surface area contributed by atoms with Crippen molar-refractivity contribution in [2.75, 3.05) is 31.1 Å². The van der Waals surface area contributed by atoms with Crippen LogP contribution < -0.4 is 10.2 Å². The van der Waals surface area contributed by atoms with E-state index in [1.54, 1.807) is 4.90 Å². The summed E-state index contributed by atoms with van der Waals surface area (Å²) in [5.74, 6) is 0. The van der Waals surface area contributed by atoms with Crippen molar-refractivity contribution in [2.45, 2.75) is 33.4 Å². The van der Waals surface area contributed by atoms with Crippen LogP contribution in [0.4, 0.5) is 5.69 Å². The van der Waals surface area contributed by atoms with Crippen LogP contribution in [0.1, 0.15) is 25.0 Å². The van der Waals surface area contributed by atoms with Crippen LogP contribution in [0.15, 0.2) is 18.2 Å². The molecule has 0 bridgehead atoms. The summed E-state index contributed by atoms with van der Waals surface area (Å²) in [4.78, 5) is 15.4. The molecule has 20 heavy (non-hydrogen) atoms. The van der Waals surface area contributed by atoms with Gasteiger partial charge in [-0.05, 0) is 44.0 Å². The summed E-state index contributed by atoms with van der Waals surface area (Å²) in [5.41, 5.74) is 3.59. The molecular formula is C16H25N3O. The standard InChI is InChI=1S/C16H25N3O/c1-13(2)19(12-20)16-5-4-15(14(3)10-16)11-18-8-6-17-7-9-18/h4-5,10,12-13,17H,6-9,11H2,1-3H3. The lowest BCUT2D eigenvalue weighted by Gasteiger charge is -2.28. The molecule has 0 aliphatic carbocycles. The highest BCUT2D eigenvalue weighted by Gasteiger charge is 2.13. The van der Waals surface area contributed by atoms with Gasteiger partial charge in [-0.1, -0.05) is 6.07 Å². The van der Waals surface area contributed by atoms with E-state index < -0.39 is 0 Å². The average molecular weight is 275 g/mol. The zero-order chi connectivity index (χ0) is 14.5. The van der Waals surface area contributed by atoms with E-state index >= 15 is 0 Å². The van der Waals surface area contributed by atoms with Gasteiger partial charge in [0.05, 0.1) is 0 Å². The number of carbonyl (C=O) groups excluding carboxylic acids is 1. The minimum Gasteiger partial charge on any atom is -0.314 e.